The van der Waals surface area contributed by atoms with Crippen molar-refractivity contribution < 1.29 is 0 Å². The van der Waals surface area contributed by atoms with E-state index in [2.05, 4.69) is 69.4 Å². The zero-order valence-electron chi connectivity index (χ0n) is 30.1. The van der Waals surface area contributed by atoms with Crippen LogP contribution in [0.3, 0.4) is 0 Å². The molecule has 44 heavy (non-hydrogen) atoms. The number of rotatable bonds is 28. The van der Waals surface area contributed by atoms with Crippen LogP contribution >= 0.6 is 22.7 Å². The molecule has 0 nitrogen and oxygen atoms in total. The topological polar surface area (TPSA) is 0 Å². The van der Waals surface area contributed by atoms with Gasteiger partial charge in [-0.1, -0.05) is 181 Å². The second kappa shape index (κ2) is 22.2. The molecule has 0 N–H and O–H groups in total. The van der Waals surface area contributed by atoms with Crippen LogP contribution in [0.25, 0.3) is 9.75 Å². The Morgan fingerprint density at radius 2 is 0.818 bits per heavy atom. The van der Waals surface area contributed by atoms with Crippen molar-refractivity contribution >= 4 is 41.1 Å². The van der Waals surface area contributed by atoms with Gasteiger partial charge in [0.15, 0.2) is 0 Å². The minimum atomic E-state index is -1.72. The molecular weight excluding hydrogens is 585 g/mol. The van der Waals surface area contributed by atoms with Gasteiger partial charge in [-0.05, 0) is 54.4 Å². The highest BCUT2D eigenvalue weighted by molar-refractivity contribution is 7.29. The molecule has 1 aliphatic heterocycles. The van der Waals surface area contributed by atoms with Crippen molar-refractivity contribution in [3.63, 3.8) is 0 Å². The lowest BCUT2D eigenvalue weighted by Gasteiger charge is -2.33. The summed E-state index contributed by atoms with van der Waals surface area (Å²) in [5, 5.41) is 3.75. The average molecular weight is 657 g/mol. The van der Waals surface area contributed by atoms with Gasteiger partial charge in [-0.3, -0.25) is 0 Å². The Labute approximate surface area is 284 Å². The average Bonchev–Trinajstić information content (AvgIpc) is 3.66. The van der Waals surface area contributed by atoms with E-state index in [9.17, 15) is 0 Å². The van der Waals surface area contributed by atoms with Crippen molar-refractivity contribution in [3.8, 4) is 9.75 Å². The fourth-order valence-corrected chi connectivity index (χ4v) is 17.9. The summed E-state index contributed by atoms with van der Waals surface area (Å²) in [6.07, 6.45) is 36.2. The first-order valence-corrected chi connectivity index (χ1v) is 23.8. The molecule has 3 heterocycles. The number of hydrogen-bond acceptors (Lipinski definition) is 2. The van der Waals surface area contributed by atoms with Gasteiger partial charge in [0, 0.05) is 19.5 Å². The lowest BCUT2D eigenvalue weighted by Crippen LogP contribution is -2.55. The van der Waals surface area contributed by atoms with E-state index in [1.807, 2.05) is 10.4 Å². The second-order valence-corrected chi connectivity index (χ2v) is 21.4. The lowest BCUT2D eigenvalue weighted by atomic mass is 9.96. The highest BCUT2D eigenvalue weighted by Crippen LogP contribution is 2.44. The summed E-state index contributed by atoms with van der Waals surface area (Å²) >= 11 is 4.25. The quantitative estimate of drug-likeness (QED) is 0.0631. The van der Waals surface area contributed by atoms with Crippen molar-refractivity contribution in [3.05, 3.63) is 21.9 Å². The number of unbranched alkanes of at least 4 members (excludes halogenated alkanes) is 20. The maximum absolute atomic E-state index is 2.69. The Morgan fingerprint density at radius 1 is 0.477 bits per heavy atom. The maximum atomic E-state index is 2.69. The van der Waals surface area contributed by atoms with Gasteiger partial charge < -0.3 is 0 Å². The van der Waals surface area contributed by atoms with E-state index in [1.54, 1.807) is 25.6 Å². The lowest BCUT2D eigenvalue weighted by molar-refractivity contribution is 0.430. The van der Waals surface area contributed by atoms with Crippen LogP contribution in [-0.2, 0) is 0 Å². The van der Waals surface area contributed by atoms with Gasteiger partial charge in [-0.15, -0.1) is 22.7 Å². The third-order valence-corrected chi connectivity index (χ3v) is 18.7. The standard InChI is InChI=1S/C41H72S2Si/c1-6-9-12-15-17-18-19-20-21-22-23-25-28-31-44(38-32-35(4)42-40(38)41-39(44)33-36(5)43-41)34-37(29-26-14-11-8-3)30-27-24-16-13-10-7-2/h32-33,37H,6-31,34H2,1-5H3. The van der Waals surface area contributed by atoms with Gasteiger partial charge in [-0.2, -0.15) is 0 Å². The summed E-state index contributed by atoms with van der Waals surface area (Å²) in [6.45, 7) is 11.8. The predicted octanol–water partition coefficient (Wildman–Crippen LogP) is 14.4. The molecule has 252 valence electrons. The van der Waals surface area contributed by atoms with Crippen LogP contribution in [0.5, 0.6) is 0 Å². The molecule has 0 spiro atoms. The van der Waals surface area contributed by atoms with Crippen molar-refractivity contribution in [2.45, 2.75) is 207 Å². The van der Waals surface area contributed by atoms with E-state index in [-0.39, 0.29) is 0 Å². The van der Waals surface area contributed by atoms with E-state index in [0.29, 0.717) is 0 Å². The van der Waals surface area contributed by atoms with E-state index in [4.69, 9.17) is 0 Å². The first-order chi connectivity index (χ1) is 21.6. The largest absolute Gasteiger partial charge is 0.140 e. The SMILES string of the molecule is CCCCCCCCCCCCCCC[Si]1(CC(CCCCCC)CCCCCCCC)c2cc(C)sc2-c2sc(C)cc21. The molecule has 0 saturated carbocycles. The van der Waals surface area contributed by atoms with Gasteiger partial charge >= 0.3 is 0 Å². The Morgan fingerprint density at radius 3 is 1.23 bits per heavy atom. The molecule has 2 aromatic rings. The molecule has 1 atom stereocenters. The molecule has 1 aliphatic rings. The highest BCUT2D eigenvalue weighted by Gasteiger charge is 2.48. The van der Waals surface area contributed by atoms with Crippen LogP contribution in [0, 0.1) is 19.8 Å². The van der Waals surface area contributed by atoms with Crippen LogP contribution in [0.4, 0.5) is 0 Å². The summed E-state index contributed by atoms with van der Waals surface area (Å²) in [4.78, 5) is 6.54. The van der Waals surface area contributed by atoms with E-state index in [1.165, 1.54) is 167 Å². The van der Waals surface area contributed by atoms with E-state index < -0.39 is 8.07 Å². The van der Waals surface area contributed by atoms with Crippen LogP contribution in [0.15, 0.2) is 12.1 Å². The van der Waals surface area contributed by atoms with Crippen LogP contribution in [-0.4, -0.2) is 8.07 Å². The third kappa shape index (κ3) is 12.3. The van der Waals surface area contributed by atoms with Crippen molar-refractivity contribution in [1.82, 2.24) is 0 Å². The normalized spacial score (nSPS) is 14.3. The molecule has 3 heteroatoms. The second-order valence-electron chi connectivity index (χ2n) is 14.8. The Kier molecular flexibility index (Phi) is 19.2. The first kappa shape index (κ1) is 38.1. The molecule has 3 rings (SSSR count). The molecular formula is C41H72S2Si. The fraction of sp³-hybridized carbons (Fsp3) is 0.805. The Balaban J connectivity index is 1.61. The predicted molar refractivity (Wildman–Crippen MR) is 208 cm³/mol. The summed E-state index contributed by atoms with van der Waals surface area (Å²) in [5.41, 5.74) is 0. The van der Waals surface area contributed by atoms with Crippen LogP contribution in [0.2, 0.25) is 12.1 Å². The van der Waals surface area contributed by atoms with Gasteiger partial charge in [0.1, 0.15) is 8.07 Å². The fourth-order valence-electron chi connectivity index (χ4n) is 8.17. The highest BCUT2D eigenvalue weighted by atomic mass is 32.1. The minimum Gasteiger partial charge on any atom is -0.140 e. The number of aryl methyl sites for hydroxylation is 2. The smallest absolute Gasteiger partial charge is 0.122 e. The zero-order chi connectivity index (χ0) is 31.5. The Bertz CT molecular complexity index is 954. The molecule has 0 aromatic carbocycles. The van der Waals surface area contributed by atoms with Crippen LogP contribution < -0.4 is 10.4 Å². The zero-order valence-corrected chi connectivity index (χ0v) is 32.8. The summed E-state index contributed by atoms with van der Waals surface area (Å²) < 4.78 is 0. The number of hydrogen-bond donors (Lipinski definition) is 0. The molecule has 0 aliphatic carbocycles. The molecule has 0 saturated heterocycles. The minimum absolute atomic E-state index is 0.936. The van der Waals surface area contributed by atoms with E-state index >= 15 is 0 Å². The number of thiophene rings is 2. The summed E-state index contributed by atoms with van der Waals surface area (Å²) in [5.74, 6) is 0.936. The van der Waals surface area contributed by atoms with E-state index in [0.717, 1.165) is 5.92 Å². The number of fused-ring (bicyclic) bond motifs is 3. The van der Waals surface area contributed by atoms with Gasteiger partial charge in [0.2, 0.25) is 0 Å². The van der Waals surface area contributed by atoms with Crippen LogP contribution in [0.1, 0.15) is 191 Å². The van der Waals surface area contributed by atoms with Gasteiger partial charge in [0.05, 0.1) is 0 Å². The Hall–Kier alpha value is -0.383. The van der Waals surface area contributed by atoms with Gasteiger partial charge in [0.25, 0.3) is 0 Å². The van der Waals surface area contributed by atoms with Gasteiger partial charge in [-0.25, -0.2) is 0 Å². The summed E-state index contributed by atoms with van der Waals surface area (Å²) in [6, 6.07) is 8.43. The molecule has 0 fully saturated rings. The third-order valence-electron chi connectivity index (χ3n) is 10.7. The molecule has 0 bridgehead atoms. The molecule has 1 unspecified atom stereocenters. The molecule has 0 amide bonds. The van der Waals surface area contributed by atoms with Crippen molar-refractivity contribution in [2.24, 2.45) is 5.92 Å². The summed E-state index contributed by atoms with van der Waals surface area (Å²) in [7, 11) is -1.72. The monoisotopic (exact) mass is 656 g/mol. The molecule has 0 radical (unpaired) electrons. The maximum Gasteiger partial charge on any atom is 0.122 e. The van der Waals surface area contributed by atoms with Crippen molar-refractivity contribution in [2.75, 3.05) is 0 Å². The van der Waals surface area contributed by atoms with Crippen molar-refractivity contribution in [1.29, 1.82) is 0 Å². The molecule has 2 aromatic heterocycles. The first-order valence-electron chi connectivity index (χ1n) is 19.8.